The van der Waals surface area contributed by atoms with E-state index in [2.05, 4.69) is 48.2 Å². The highest BCUT2D eigenvalue weighted by Gasteiger charge is 2.23. The van der Waals surface area contributed by atoms with Gasteiger partial charge in [0.25, 0.3) is 0 Å². The van der Waals surface area contributed by atoms with Gasteiger partial charge in [0.2, 0.25) is 0 Å². The molecule has 0 saturated carbocycles. The number of carbonyl (C=O) groups excluding carboxylic acids is 1. The van der Waals surface area contributed by atoms with E-state index >= 15 is 0 Å². The molecule has 0 saturated heterocycles. The number of halogens is 3. The molecular weight excluding hydrogens is 440 g/mol. The highest BCUT2D eigenvalue weighted by molar-refractivity contribution is 9.21. The lowest BCUT2D eigenvalue weighted by molar-refractivity contribution is 0.247. The highest BCUT2D eigenvalue weighted by atomic mass is 79.9. The number of hydrogen-bond acceptors (Lipinski definition) is 1. The van der Waals surface area contributed by atoms with Crippen molar-refractivity contribution in [3.63, 3.8) is 0 Å². The zero-order valence-corrected chi connectivity index (χ0v) is 14.4. The van der Waals surface area contributed by atoms with Crippen LogP contribution in [0.2, 0.25) is 0 Å². The maximum absolute atomic E-state index is 12.3. The molecule has 0 radical (unpaired) electrons. The van der Waals surface area contributed by atoms with Gasteiger partial charge in [0.1, 0.15) is 0 Å². The molecule has 0 bridgehead atoms. The minimum Gasteiger partial charge on any atom is -0.260 e. The number of para-hydroxylation sites is 2. The molecule has 2 aromatic carbocycles. The van der Waals surface area contributed by atoms with Crippen molar-refractivity contribution in [2.75, 3.05) is 4.90 Å². The number of nitrogens with zero attached hydrogens (tertiary/aromatic N) is 2. The molecule has 98 valence electrons. The van der Waals surface area contributed by atoms with Crippen molar-refractivity contribution < 1.29 is 4.79 Å². The van der Waals surface area contributed by atoms with Gasteiger partial charge in [-0.1, -0.05) is 30.3 Å². The third-order valence-corrected chi connectivity index (χ3v) is 3.72. The van der Waals surface area contributed by atoms with Gasteiger partial charge in [0, 0.05) is 4.47 Å². The quantitative estimate of drug-likeness (QED) is 0.546. The summed E-state index contributed by atoms with van der Waals surface area (Å²) in [4.78, 5) is 13.9. The van der Waals surface area contributed by atoms with Crippen molar-refractivity contribution >= 4 is 65.6 Å². The van der Waals surface area contributed by atoms with E-state index < -0.39 is 0 Å². The fourth-order valence-electron chi connectivity index (χ4n) is 1.64. The Bertz CT molecular complexity index is 575. The summed E-state index contributed by atoms with van der Waals surface area (Å²) >= 11 is 9.67. The number of amides is 2. The largest absolute Gasteiger partial charge is 0.349 e. The maximum atomic E-state index is 12.3. The number of rotatable bonds is 2. The van der Waals surface area contributed by atoms with Gasteiger partial charge in [-0.25, -0.2) is 4.79 Å². The SMILES string of the molecule is O=C(N(Br)Br)N(c1ccccc1)c1ccccc1Br. The molecule has 0 aliphatic heterocycles. The average molecular weight is 449 g/mol. The topological polar surface area (TPSA) is 23.6 Å². The van der Waals surface area contributed by atoms with E-state index in [-0.39, 0.29) is 6.03 Å². The fourth-order valence-corrected chi connectivity index (χ4v) is 2.42. The summed E-state index contributed by atoms with van der Waals surface area (Å²) in [7, 11) is 0. The Morgan fingerprint density at radius 3 is 2.05 bits per heavy atom. The van der Waals surface area contributed by atoms with Crippen LogP contribution in [0.25, 0.3) is 0 Å². The monoisotopic (exact) mass is 446 g/mol. The molecule has 0 unspecified atom stereocenters. The molecule has 6 heteroatoms. The van der Waals surface area contributed by atoms with Gasteiger partial charge in [-0.15, -0.1) is 0 Å². The number of hydrogen-bond donors (Lipinski definition) is 0. The van der Waals surface area contributed by atoms with E-state index in [9.17, 15) is 4.79 Å². The van der Waals surface area contributed by atoms with Crippen molar-refractivity contribution in [1.29, 1.82) is 0 Å². The second-order valence-electron chi connectivity index (χ2n) is 3.64. The van der Waals surface area contributed by atoms with E-state index in [1.54, 1.807) is 4.90 Å². The van der Waals surface area contributed by atoms with Gasteiger partial charge in [-0.05, 0) is 40.2 Å². The molecule has 0 fully saturated rings. The lowest BCUT2D eigenvalue weighted by Gasteiger charge is -2.25. The molecule has 0 heterocycles. The Labute approximate surface area is 137 Å². The predicted molar refractivity (Wildman–Crippen MR) is 87.8 cm³/mol. The van der Waals surface area contributed by atoms with Crippen LogP contribution in [-0.4, -0.2) is 8.98 Å². The second kappa shape index (κ2) is 6.54. The van der Waals surface area contributed by atoms with E-state index in [1.165, 1.54) is 2.95 Å². The van der Waals surface area contributed by atoms with Crippen LogP contribution in [0.15, 0.2) is 59.1 Å². The van der Waals surface area contributed by atoms with Crippen molar-refractivity contribution in [3.8, 4) is 0 Å². The van der Waals surface area contributed by atoms with Crippen LogP contribution >= 0.6 is 48.2 Å². The number of urea groups is 1. The molecule has 2 amide bonds. The Kier molecular flexibility index (Phi) is 5.01. The van der Waals surface area contributed by atoms with Crippen molar-refractivity contribution in [1.82, 2.24) is 2.95 Å². The van der Waals surface area contributed by atoms with Crippen molar-refractivity contribution in [2.24, 2.45) is 0 Å². The van der Waals surface area contributed by atoms with Crippen LogP contribution in [0, 0.1) is 0 Å². The molecular formula is C13H9Br3N2O. The summed E-state index contributed by atoms with van der Waals surface area (Å²) in [5, 5.41) is 0. The van der Waals surface area contributed by atoms with Crippen LogP contribution in [0.4, 0.5) is 16.2 Å². The first-order chi connectivity index (χ1) is 9.11. The van der Waals surface area contributed by atoms with Crippen LogP contribution in [0.1, 0.15) is 0 Å². The fraction of sp³-hybridized carbons (Fsp3) is 0. The maximum Gasteiger partial charge on any atom is 0.349 e. The number of anilines is 2. The minimum absolute atomic E-state index is 0.252. The lowest BCUT2D eigenvalue weighted by Crippen LogP contribution is -2.30. The lowest BCUT2D eigenvalue weighted by atomic mass is 10.2. The standard InChI is InChI=1S/C13H9Br3N2O/c14-11-8-4-5-9-12(11)17(13(19)18(15)16)10-6-2-1-3-7-10/h1-9H. The normalized spacial score (nSPS) is 10.1. The van der Waals surface area contributed by atoms with Crippen LogP contribution < -0.4 is 4.90 Å². The molecule has 0 spiro atoms. The van der Waals surface area contributed by atoms with Gasteiger partial charge in [-0.2, -0.15) is 2.95 Å². The zero-order valence-electron chi connectivity index (χ0n) is 9.63. The van der Waals surface area contributed by atoms with Gasteiger partial charge < -0.3 is 0 Å². The third kappa shape index (κ3) is 3.38. The average Bonchev–Trinajstić information content (AvgIpc) is 2.42. The van der Waals surface area contributed by atoms with Crippen molar-refractivity contribution in [2.45, 2.75) is 0 Å². The Morgan fingerprint density at radius 1 is 0.895 bits per heavy atom. The molecule has 0 aliphatic rings. The first kappa shape index (κ1) is 14.6. The Morgan fingerprint density at radius 2 is 1.47 bits per heavy atom. The van der Waals surface area contributed by atoms with Crippen molar-refractivity contribution in [3.05, 3.63) is 59.1 Å². The molecule has 19 heavy (non-hydrogen) atoms. The van der Waals surface area contributed by atoms with E-state index in [4.69, 9.17) is 0 Å². The molecule has 0 aliphatic carbocycles. The van der Waals surface area contributed by atoms with E-state index in [0.29, 0.717) is 0 Å². The first-order valence-corrected chi connectivity index (χ1v) is 7.58. The van der Waals surface area contributed by atoms with Gasteiger partial charge in [0.05, 0.1) is 43.7 Å². The van der Waals surface area contributed by atoms with Crippen LogP contribution in [-0.2, 0) is 0 Å². The first-order valence-electron chi connectivity index (χ1n) is 5.36. The van der Waals surface area contributed by atoms with Gasteiger partial charge in [0.15, 0.2) is 0 Å². The van der Waals surface area contributed by atoms with Gasteiger partial charge in [-0.3, -0.25) is 4.90 Å². The summed E-state index contributed by atoms with van der Waals surface area (Å²) in [6, 6.07) is 16.7. The van der Waals surface area contributed by atoms with E-state index in [1.807, 2.05) is 54.6 Å². The zero-order chi connectivity index (χ0) is 13.8. The minimum atomic E-state index is -0.252. The number of carbonyl (C=O) groups is 1. The summed E-state index contributed by atoms with van der Waals surface area (Å²) < 4.78 is 2.03. The molecule has 0 aromatic heterocycles. The number of benzene rings is 2. The molecule has 3 nitrogen and oxygen atoms in total. The molecule has 2 rings (SSSR count). The van der Waals surface area contributed by atoms with Crippen LogP contribution in [0.3, 0.4) is 0 Å². The molecule has 0 N–H and O–H groups in total. The third-order valence-electron chi connectivity index (χ3n) is 2.44. The summed E-state index contributed by atoms with van der Waals surface area (Å²) in [6.07, 6.45) is 0. The summed E-state index contributed by atoms with van der Waals surface area (Å²) in [5.41, 5.74) is 1.55. The Hall–Kier alpha value is -0.850. The Balaban J connectivity index is 2.53. The molecule has 2 aromatic rings. The summed E-state index contributed by atoms with van der Waals surface area (Å²) in [5.74, 6) is 0. The van der Waals surface area contributed by atoms with E-state index in [0.717, 1.165) is 15.8 Å². The second-order valence-corrected chi connectivity index (χ2v) is 6.86. The summed E-state index contributed by atoms with van der Waals surface area (Å²) in [6.45, 7) is 0. The van der Waals surface area contributed by atoms with Gasteiger partial charge >= 0.3 is 6.03 Å². The highest BCUT2D eigenvalue weighted by Crippen LogP contribution is 2.33. The van der Waals surface area contributed by atoms with Crippen LogP contribution in [0.5, 0.6) is 0 Å². The smallest absolute Gasteiger partial charge is 0.260 e. The molecule has 0 atom stereocenters. The predicted octanol–water partition coefficient (Wildman–Crippen LogP) is 5.63.